The maximum absolute atomic E-state index is 10.3. The third kappa shape index (κ3) is 0.691. The van der Waals surface area contributed by atoms with E-state index in [2.05, 4.69) is 8.75 Å². The number of aromatic nitrogens is 2. The van der Waals surface area contributed by atoms with Crippen LogP contribution < -0.4 is 5.56 Å². The van der Waals surface area contributed by atoms with Crippen LogP contribution in [-0.2, 0) is 0 Å². The lowest BCUT2D eigenvalue weighted by Gasteiger charge is -1.62. The first-order valence-electron chi connectivity index (χ1n) is 1.81. The van der Waals surface area contributed by atoms with Gasteiger partial charge in [-0.3, -0.25) is 9.17 Å². The molecule has 38 valence electrons. The zero-order valence-corrected chi connectivity index (χ0v) is 4.58. The molecule has 0 bridgehead atoms. The molecule has 1 aromatic heterocycles. The molecule has 0 aliphatic rings. The van der Waals surface area contributed by atoms with Crippen molar-refractivity contribution in [1.82, 2.24) is 8.75 Å². The van der Waals surface area contributed by atoms with Gasteiger partial charge in [0, 0.05) is 11.7 Å². The highest BCUT2D eigenvalue weighted by Crippen LogP contribution is 1.79. The Bertz CT molecular complexity index is 201. The molecule has 0 unspecified atom stereocenters. The summed E-state index contributed by atoms with van der Waals surface area (Å²) in [6.45, 7) is 1.68. The van der Waals surface area contributed by atoms with Crippen LogP contribution >= 0.6 is 11.7 Å². The lowest BCUT2D eigenvalue weighted by atomic mass is 10.6. The van der Waals surface area contributed by atoms with Crippen molar-refractivity contribution in [3.05, 3.63) is 16.0 Å². The minimum atomic E-state index is -0.0787. The van der Waals surface area contributed by atoms with Gasteiger partial charge in [-0.15, -0.1) is 0 Å². The Morgan fingerprint density at radius 3 is 2.71 bits per heavy atom. The predicted molar refractivity (Wildman–Crippen MR) is 27.5 cm³/mol. The van der Waals surface area contributed by atoms with Crippen LogP contribution in [0.1, 0.15) is 5.69 Å². The molecular formula is C3H4N2OS. The molecular weight excluding hydrogens is 112 g/mol. The van der Waals surface area contributed by atoms with E-state index in [0.29, 0.717) is 5.69 Å². The third-order valence-corrected chi connectivity index (χ3v) is 1.29. The Morgan fingerprint density at radius 2 is 2.57 bits per heavy atom. The highest BCUT2D eigenvalue weighted by Gasteiger charge is 1.89. The van der Waals surface area contributed by atoms with Crippen molar-refractivity contribution >= 4 is 11.7 Å². The zero-order chi connectivity index (χ0) is 5.28. The smallest absolute Gasteiger partial charge is 0.267 e. The number of H-pyrrole nitrogens is 1. The molecule has 1 aromatic rings. The Morgan fingerprint density at radius 1 is 1.86 bits per heavy atom. The number of nitrogens with one attached hydrogen (secondary N) is 1. The third-order valence-electron chi connectivity index (χ3n) is 0.650. The molecule has 0 spiro atoms. The number of nitrogens with zero attached hydrogens (tertiary/aromatic N) is 1. The first-order chi connectivity index (χ1) is 3.30. The van der Waals surface area contributed by atoms with Gasteiger partial charge in [-0.1, -0.05) is 0 Å². The van der Waals surface area contributed by atoms with Crippen LogP contribution in [0, 0.1) is 6.92 Å². The van der Waals surface area contributed by atoms with Crippen molar-refractivity contribution in [2.24, 2.45) is 0 Å². The molecule has 0 amide bonds. The Hall–Kier alpha value is -0.640. The molecule has 0 atom stereocenters. The van der Waals surface area contributed by atoms with E-state index in [-0.39, 0.29) is 5.56 Å². The van der Waals surface area contributed by atoms with Crippen LogP contribution in [0.3, 0.4) is 0 Å². The largest absolute Gasteiger partial charge is 0.280 e. The summed E-state index contributed by atoms with van der Waals surface area (Å²) >= 11 is 1.08. The Labute approximate surface area is 44.3 Å². The van der Waals surface area contributed by atoms with Crippen molar-refractivity contribution in [2.75, 3.05) is 0 Å². The Balaban J connectivity index is 3.39. The molecule has 7 heavy (non-hydrogen) atoms. The van der Waals surface area contributed by atoms with Crippen LogP contribution in [0.4, 0.5) is 0 Å². The number of rotatable bonds is 0. The summed E-state index contributed by atoms with van der Waals surface area (Å²) < 4.78 is 6.13. The lowest BCUT2D eigenvalue weighted by Crippen LogP contribution is -1.99. The van der Waals surface area contributed by atoms with E-state index in [1.165, 1.54) is 0 Å². The standard InChI is InChI=1S/C3H4N2OS/c1-2-3(6)5-7-4-2/h1H3,(H,5,6). The first-order valence-corrected chi connectivity index (χ1v) is 2.59. The van der Waals surface area contributed by atoms with Gasteiger partial charge in [0.25, 0.3) is 5.56 Å². The summed E-state index contributed by atoms with van der Waals surface area (Å²) in [7, 11) is 0. The van der Waals surface area contributed by atoms with Crippen LogP contribution in [-0.4, -0.2) is 8.75 Å². The highest BCUT2D eigenvalue weighted by atomic mass is 32.1. The molecule has 1 N–H and O–H groups in total. The molecule has 0 radical (unpaired) electrons. The van der Waals surface area contributed by atoms with E-state index < -0.39 is 0 Å². The number of hydrogen-bond acceptors (Lipinski definition) is 3. The summed E-state index contributed by atoms with van der Waals surface area (Å²) in [5, 5.41) is 0. The van der Waals surface area contributed by atoms with Gasteiger partial charge in [0.1, 0.15) is 5.69 Å². The number of hydrogen-bond donors (Lipinski definition) is 1. The quantitative estimate of drug-likeness (QED) is 0.524. The van der Waals surface area contributed by atoms with Gasteiger partial charge in [0.2, 0.25) is 0 Å². The van der Waals surface area contributed by atoms with Crippen LogP contribution in [0.5, 0.6) is 0 Å². The van der Waals surface area contributed by atoms with E-state index in [9.17, 15) is 4.79 Å². The average Bonchev–Trinajstić information content (AvgIpc) is 1.91. The maximum Gasteiger partial charge on any atom is 0.280 e. The van der Waals surface area contributed by atoms with E-state index in [1.54, 1.807) is 6.92 Å². The normalized spacial score (nSPS) is 9.29. The summed E-state index contributed by atoms with van der Waals surface area (Å²) in [5.74, 6) is 0. The maximum atomic E-state index is 10.3. The average molecular weight is 116 g/mol. The second kappa shape index (κ2) is 1.46. The fourth-order valence-electron chi connectivity index (χ4n) is 0.248. The molecule has 0 saturated carbocycles. The number of aryl methyl sites for hydroxylation is 1. The van der Waals surface area contributed by atoms with Gasteiger partial charge in [-0.2, -0.15) is 4.37 Å². The fourth-order valence-corrected chi connectivity index (χ4v) is 0.744. The second-order valence-corrected chi connectivity index (χ2v) is 1.77. The lowest BCUT2D eigenvalue weighted by molar-refractivity contribution is 1.25. The van der Waals surface area contributed by atoms with Crippen molar-refractivity contribution in [3.8, 4) is 0 Å². The van der Waals surface area contributed by atoms with Crippen LogP contribution in [0.2, 0.25) is 0 Å². The van der Waals surface area contributed by atoms with Crippen molar-refractivity contribution in [3.63, 3.8) is 0 Å². The molecule has 0 fully saturated rings. The van der Waals surface area contributed by atoms with Gasteiger partial charge in [0.05, 0.1) is 0 Å². The molecule has 1 heterocycles. The molecule has 0 aliphatic heterocycles. The molecule has 4 heteroatoms. The monoisotopic (exact) mass is 116 g/mol. The van der Waals surface area contributed by atoms with Gasteiger partial charge in [-0.25, -0.2) is 0 Å². The summed E-state index contributed by atoms with van der Waals surface area (Å²) in [6, 6.07) is 0. The Kier molecular flexibility index (Phi) is 0.941. The zero-order valence-electron chi connectivity index (χ0n) is 3.76. The highest BCUT2D eigenvalue weighted by molar-refractivity contribution is 6.99. The van der Waals surface area contributed by atoms with E-state index in [4.69, 9.17) is 0 Å². The molecule has 1 rings (SSSR count). The van der Waals surface area contributed by atoms with Crippen LogP contribution in [0.15, 0.2) is 4.79 Å². The van der Waals surface area contributed by atoms with Crippen molar-refractivity contribution in [1.29, 1.82) is 0 Å². The summed E-state index contributed by atoms with van der Waals surface area (Å²) in [5.41, 5.74) is 0.468. The topological polar surface area (TPSA) is 45.8 Å². The van der Waals surface area contributed by atoms with E-state index >= 15 is 0 Å². The minimum Gasteiger partial charge on any atom is -0.267 e. The molecule has 0 saturated heterocycles. The first kappa shape index (κ1) is 4.52. The van der Waals surface area contributed by atoms with Crippen molar-refractivity contribution < 1.29 is 0 Å². The predicted octanol–water partition coefficient (Wildman–Crippen LogP) is 0.140. The van der Waals surface area contributed by atoms with Gasteiger partial charge >= 0.3 is 0 Å². The SMILES string of the molecule is Cc1ns[nH]c1=O. The molecule has 3 nitrogen and oxygen atoms in total. The molecule has 0 aromatic carbocycles. The van der Waals surface area contributed by atoms with Gasteiger partial charge in [-0.05, 0) is 6.92 Å². The summed E-state index contributed by atoms with van der Waals surface area (Å²) in [6.07, 6.45) is 0. The second-order valence-electron chi connectivity index (χ2n) is 1.20. The van der Waals surface area contributed by atoms with E-state index in [0.717, 1.165) is 11.7 Å². The van der Waals surface area contributed by atoms with Gasteiger partial charge < -0.3 is 0 Å². The van der Waals surface area contributed by atoms with Crippen molar-refractivity contribution in [2.45, 2.75) is 6.92 Å². The van der Waals surface area contributed by atoms with Crippen LogP contribution in [0.25, 0.3) is 0 Å². The van der Waals surface area contributed by atoms with E-state index in [1.807, 2.05) is 0 Å². The minimum absolute atomic E-state index is 0.0787. The molecule has 0 aliphatic carbocycles. The summed E-state index contributed by atoms with van der Waals surface area (Å²) in [4.78, 5) is 10.3. The van der Waals surface area contributed by atoms with Gasteiger partial charge in [0.15, 0.2) is 0 Å². The fraction of sp³-hybridized carbons (Fsp3) is 0.333. The number of aromatic amines is 1.